The highest BCUT2D eigenvalue weighted by molar-refractivity contribution is 5.83. The summed E-state index contributed by atoms with van der Waals surface area (Å²) in [6.45, 7) is 2.37. The van der Waals surface area contributed by atoms with Gasteiger partial charge in [-0.15, -0.1) is 0 Å². The Morgan fingerprint density at radius 1 is 1.25 bits per heavy atom. The van der Waals surface area contributed by atoms with Crippen LogP contribution in [0.15, 0.2) is 18.2 Å². The summed E-state index contributed by atoms with van der Waals surface area (Å²) in [5.41, 5.74) is 0.826. The molecular formula is C19H28N2O3. The maximum atomic E-state index is 13.2. The van der Waals surface area contributed by atoms with E-state index in [1.807, 2.05) is 30.1 Å². The Bertz CT molecular complexity index is 582. The third kappa shape index (κ3) is 3.09. The van der Waals surface area contributed by atoms with Crippen LogP contribution in [-0.4, -0.2) is 45.2 Å². The average molecular weight is 332 g/mol. The van der Waals surface area contributed by atoms with Crippen molar-refractivity contribution in [3.8, 4) is 11.5 Å². The summed E-state index contributed by atoms with van der Waals surface area (Å²) < 4.78 is 10.7. The quantitative estimate of drug-likeness (QED) is 0.900. The fourth-order valence-corrected chi connectivity index (χ4v) is 4.35. The van der Waals surface area contributed by atoms with Crippen LogP contribution in [0.4, 0.5) is 0 Å². The van der Waals surface area contributed by atoms with E-state index < -0.39 is 0 Å². The number of methoxy groups -OCH3 is 2. The lowest BCUT2D eigenvalue weighted by atomic mass is 9.67. The molecule has 24 heavy (non-hydrogen) atoms. The first-order valence-corrected chi connectivity index (χ1v) is 8.77. The zero-order chi connectivity index (χ0) is 17.2. The van der Waals surface area contributed by atoms with Gasteiger partial charge in [-0.05, 0) is 43.0 Å². The van der Waals surface area contributed by atoms with Crippen molar-refractivity contribution in [3.05, 3.63) is 23.8 Å². The predicted molar refractivity (Wildman–Crippen MR) is 93.3 cm³/mol. The molecule has 1 saturated carbocycles. The molecule has 5 nitrogen and oxygen atoms in total. The normalized spacial score (nSPS) is 25.9. The maximum Gasteiger partial charge on any atom is 0.230 e. The molecule has 2 atom stereocenters. The molecule has 3 rings (SSSR count). The van der Waals surface area contributed by atoms with Crippen LogP contribution in [0.3, 0.4) is 0 Å². The van der Waals surface area contributed by atoms with Gasteiger partial charge in [0.25, 0.3) is 0 Å². The highest BCUT2D eigenvalue weighted by Crippen LogP contribution is 2.45. The smallest absolute Gasteiger partial charge is 0.230 e. The molecule has 1 amide bonds. The van der Waals surface area contributed by atoms with Gasteiger partial charge in [-0.3, -0.25) is 4.79 Å². The van der Waals surface area contributed by atoms with Crippen molar-refractivity contribution in [2.45, 2.75) is 32.2 Å². The number of benzene rings is 1. The first-order valence-electron chi connectivity index (χ1n) is 8.77. The minimum atomic E-state index is -0.198. The number of ether oxygens (including phenoxy) is 2. The second-order valence-electron chi connectivity index (χ2n) is 7.11. The Hall–Kier alpha value is -1.75. The fourth-order valence-electron chi connectivity index (χ4n) is 4.35. The van der Waals surface area contributed by atoms with Gasteiger partial charge in [-0.1, -0.05) is 12.8 Å². The van der Waals surface area contributed by atoms with E-state index in [2.05, 4.69) is 5.32 Å². The third-order valence-corrected chi connectivity index (χ3v) is 5.64. The standard InChI is InChI=1S/C19H28N2O3/c1-21(12-14-8-16(23-2)10-17(9-14)24-3)18(22)19-7-5-4-6-15(19)11-20-13-19/h8-10,15,20H,4-7,11-13H2,1-3H3/t15-,19+/m0/s1. The van der Waals surface area contributed by atoms with Crippen LogP contribution in [0.5, 0.6) is 11.5 Å². The third-order valence-electron chi connectivity index (χ3n) is 5.64. The zero-order valence-corrected chi connectivity index (χ0v) is 14.9. The Balaban J connectivity index is 1.77. The number of amides is 1. The molecule has 132 valence electrons. The molecular weight excluding hydrogens is 304 g/mol. The van der Waals surface area contributed by atoms with Gasteiger partial charge in [0.2, 0.25) is 5.91 Å². The lowest BCUT2D eigenvalue weighted by Crippen LogP contribution is -2.48. The number of fused-ring (bicyclic) bond motifs is 1. The molecule has 1 heterocycles. The molecule has 1 aromatic carbocycles. The number of hydrogen-bond donors (Lipinski definition) is 1. The van der Waals surface area contributed by atoms with Crippen LogP contribution < -0.4 is 14.8 Å². The molecule has 1 N–H and O–H groups in total. The fraction of sp³-hybridized carbons (Fsp3) is 0.632. The first kappa shape index (κ1) is 17.1. The van der Waals surface area contributed by atoms with E-state index in [1.165, 1.54) is 12.8 Å². The predicted octanol–water partition coefficient (Wildman–Crippen LogP) is 2.44. The highest BCUT2D eigenvalue weighted by Gasteiger charge is 2.50. The van der Waals surface area contributed by atoms with Crippen molar-refractivity contribution < 1.29 is 14.3 Å². The Morgan fingerprint density at radius 2 is 1.96 bits per heavy atom. The molecule has 2 aliphatic rings. The largest absolute Gasteiger partial charge is 0.497 e. The minimum absolute atomic E-state index is 0.198. The first-order chi connectivity index (χ1) is 11.6. The summed E-state index contributed by atoms with van der Waals surface area (Å²) in [5.74, 6) is 2.27. The summed E-state index contributed by atoms with van der Waals surface area (Å²) in [7, 11) is 5.19. The minimum Gasteiger partial charge on any atom is -0.497 e. The van der Waals surface area contributed by atoms with Gasteiger partial charge in [0.15, 0.2) is 0 Å². The SMILES string of the molecule is COc1cc(CN(C)C(=O)[C@@]23CCCC[C@H]2CNC3)cc(OC)c1. The lowest BCUT2D eigenvalue weighted by molar-refractivity contribution is -0.144. The Kier molecular flexibility index (Phi) is 4.99. The summed E-state index contributed by atoms with van der Waals surface area (Å²) >= 11 is 0. The molecule has 0 aromatic heterocycles. The van der Waals surface area contributed by atoms with Crippen LogP contribution in [-0.2, 0) is 11.3 Å². The van der Waals surface area contributed by atoms with Crippen molar-refractivity contribution in [1.29, 1.82) is 0 Å². The van der Waals surface area contributed by atoms with Crippen molar-refractivity contribution in [1.82, 2.24) is 10.2 Å². The Morgan fingerprint density at radius 3 is 2.62 bits per heavy atom. The van der Waals surface area contributed by atoms with Gasteiger partial charge in [-0.2, -0.15) is 0 Å². The molecule has 5 heteroatoms. The van der Waals surface area contributed by atoms with Gasteiger partial charge in [0.1, 0.15) is 11.5 Å². The van der Waals surface area contributed by atoms with Crippen molar-refractivity contribution >= 4 is 5.91 Å². The summed E-state index contributed by atoms with van der Waals surface area (Å²) in [6.07, 6.45) is 4.58. The summed E-state index contributed by atoms with van der Waals surface area (Å²) in [5, 5.41) is 3.45. The maximum absolute atomic E-state index is 13.2. The molecule has 0 bridgehead atoms. The van der Waals surface area contributed by atoms with Crippen molar-refractivity contribution in [2.75, 3.05) is 34.4 Å². The van der Waals surface area contributed by atoms with Crippen LogP contribution in [0, 0.1) is 11.3 Å². The van der Waals surface area contributed by atoms with Gasteiger partial charge < -0.3 is 19.7 Å². The van der Waals surface area contributed by atoms with Crippen LogP contribution in [0.2, 0.25) is 0 Å². The molecule has 1 aliphatic heterocycles. The summed E-state index contributed by atoms with van der Waals surface area (Å²) in [6, 6.07) is 5.78. The molecule has 0 unspecified atom stereocenters. The second-order valence-corrected chi connectivity index (χ2v) is 7.11. The molecule has 2 fully saturated rings. The van der Waals surface area contributed by atoms with E-state index >= 15 is 0 Å². The topological polar surface area (TPSA) is 50.8 Å². The monoisotopic (exact) mass is 332 g/mol. The van der Waals surface area contributed by atoms with E-state index in [0.717, 1.165) is 43.0 Å². The van der Waals surface area contributed by atoms with E-state index in [-0.39, 0.29) is 11.3 Å². The lowest BCUT2D eigenvalue weighted by Gasteiger charge is -2.39. The number of rotatable bonds is 5. The van der Waals surface area contributed by atoms with Crippen molar-refractivity contribution in [2.24, 2.45) is 11.3 Å². The number of hydrogen-bond acceptors (Lipinski definition) is 4. The number of nitrogens with one attached hydrogen (secondary N) is 1. The van der Waals surface area contributed by atoms with Crippen molar-refractivity contribution in [3.63, 3.8) is 0 Å². The van der Waals surface area contributed by atoms with E-state index in [0.29, 0.717) is 12.5 Å². The van der Waals surface area contributed by atoms with Crippen LogP contribution >= 0.6 is 0 Å². The Labute approximate surface area is 144 Å². The number of carbonyl (C=O) groups excluding carboxylic acids is 1. The highest BCUT2D eigenvalue weighted by atomic mass is 16.5. The zero-order valence-electron chi connectivity index (χ0n) is 14.9. The molecule has 1 saturated heterocycles. The number of carbonyl (C=O) groups is 1. The molecule has 0 spiro atoms. The molecule has 1 aromatic rings. The van der Waals surface area contributed by atoms with Crippen LogP contribution in [0.25, 0.3) is 0 Å². The molecule has 1 aliphatic carbocycles. The van der Waals surface area contributed by atoms with Gasteiger partial charge in [0, 0.05) is 26.2 Å². The van der Waals surface area contributed by atoms with E-state index in [4.69, 9.17) is 9.47 Å². The second kappa shape index (κ2) is 7.01. The number of nitrogens with zero attached hydrogens (tertiary/aromatic N) is 1. The van der Waals surface area contributed by atoms with E-state index in [1.54, 1.807) is 14.2 Å². The molecule has 0 radical (unpaired) electrons. The van der Waals surface area contributed by atoms with Gasteiger partial charge in [-0.25, -0.2) is 0 Å². The van der Waals surface area contributed by atoms with Gasteiger partial charge in [0.05, 0.1) is 19.6 Å². The van der Waals surface area contributed by atoms with E-state index in [9.17, 15) is 4.79 Å². The summed E-state index contributed by atoms with van der Waals surface area (Å²) in [4.78, 5) is 15.1. The average Bonchev–Trinajstić information content (AvgIpc) is 3.05. The van der Waals surface area contributed by atoms with Crippen LogP contribution in [0.1, 0.15) is 31.2 Å². The van der Waals surface area contributed by atoms with Gasteiger partial charge >= 0.3 is 0 Å².